The van der Waals surface area contributed by atoms with Gasteiger partial charge in [0.15, 0.2) is 11.3 Å². The van der Waals surface area contributed by atoms with Crippen molar-refractivity contribution < 1.29 is 4.79 Å². The van der Waals surface area contributed by atoms with Crippen LogP contribution in [0.2, 0.25) is 0 Å². The highest BCUT2D eigenvalue weighted by Gasteiger charge is 2.34. The molecular weight excluding hydrogens is 430 g/mol. The summed E-state index contributed by atoms with van der Waals surface area (Å²) in [5.74, 6) is 0.807. The van der Waals surface area contributed by atoms with Crippen LogP contribution >= 0.6 is 11.8 Å². The number of hydrogen-bond acceptors (Lipinski definition) is 6. The van der Waals surface area contributed by atoms with Crippen LogP contribution < -0.4 is 20.8 Å². The lowest BCUT2D eigenvalue weighted by Crippen LogP contribution is -2.50. The van der Waals surface area contributed by atoms with E-state index in [9.17, 15) is 4.79 Å². The normalized spacial score (nSPS) is 17.0. The number of nitrogens with one attached hydrogen (secondary N) is 1. The Morgan fingerprint density at radius 2 is 1.73 bits per heavy atom. The SMILES string of the molecule is CCCCSC1=NN2C(=c3ccccc3=N[C@H]2c2ccc(N(CCC)CCC)cc2)C(=O)N1. The number of hydrazone groups is 1. The molecule has 1 N–H and O–H groups in total. The number of hydrogen-bond donors (Lipinski definition) is 1. The van der Waals surface area contributed by atoms with Crippen molar-refractivity contribution in [1.82, 2.24) is 10.3 Å². The number of anilines is 1. The van der Waals surface area contributed by atoms with E-state index in [1.54, 1.807) is 16.8 Å². The first-order chi connectivity index (χ1) is 16.2. The third-order valence-corrected chi connectivity index (χ3v) is 6.75. The quantitative estimate of drug-likeness (QED) is 0.572. The van der Waals surface area contributed by atoms with E-state index in [0.29, 0.717) is 10.9 Å². The molecule has 0 radical (unpaired) electrons. The fraction of sp³-hybridized carbons (Fsp3) is 0.423. The summed E-state index contributed by atoms with van der Waals surface area (Å²) in [5.41, 5.74) is 2.81. The standard InChI is InChI=1S/C26H33N5OS/c1-4-7-18-33-26-28-25(32)23-21-10-8-9-11-22(21)27-24(31(23)29-26)19-12-14-20(15-13-19)30(16-5-2)17-6-3/h8-15,24H,4-7,16-18H2,1-3H3,(H,28,29,32)/t24-/m1/s1. The van der Waals surface area contributed by atoms with Gasteiger partial charge in [-0.1, -0.05) is 69.3 Å². The van der Waals surface area contributed by atoms with E-state index in [1.165, 1.54) is 5.69 Å². The number of carbonyl (C=O) groups excluding carboxylic acids is 1. The third kappa shape index (κ3) is 5.08. The van der Waals surface area contributed by atoms with Crippen LogP contribution in [0.25, 0.3) is 5.70 Å². The topological polar surface area (TPSA) is 60.3 Å². The molecule has 33 heavy (non-hydrogen) atoms. The number of rotatable bonds is 9. The lowest BCUT2D eigenvalue weighted by Gasteiger charge is -2.34. The predicted molar refractivity (Wildman–Crippen MR) is 137 cm³/mol. The minimum Gasteiger partial charge on any atom is -0.372 e. The molecule has 0 saturated carbocycles. The average molecular weight is 464 g/mol. The van der Waals surface area contributed by atoms with Crippen molar-refractivity contribution in [2.24, 2.45) is 10.1 Å². The first-order valence-electron chi connectivity index (χ1n) is 12.0. The molecule has 0 bridgehead atoms. The molecule has 1 atom stereocenters. The lowest BCUT2D eigenvalue weighted by atomic mass is 10.1. The maximum absolute atomic E-state index is 13.2. The Labute approximate surface area is 200 Å². The van der Waals surface area contributed by atoms with Crippen LogP contribution in [0.15, 0.2) is 58.6 Å². The second kappa shape index (κ2) is 10.9. The van der Waals surface area contributed by atoms with Gasteiger partial charge in [-0.2, -0.15) is 0 Å². The van der Waals surface area contributed by atoms with Gasteiger partial charge in [0.2, 0.25) is 0 Å². The number of unbranched alkanes of at least 4 members (excludes halogenated alkanes) is 1. The van der Waals surface area contributed by atoms with Crippen LogP contribution in [0.4, 0.5) is 5.69 Å². The Balaban J connectivity index is 1.72. The van der Waals surface area contributed by atoms with E-state index in [2.05, 4.69) is 55.3 Å². The largest absolute Gasteiger partial charge is 0.372 e. The summed E-state index contributed by atoms with van der Waals surface area (Å²) < 4.78 is 0. The third-order valence-electron chi connectivity index (χ3n) is 5.80. The molecule has 0 aromatic heterocycles. The Hall–Kier alpha value is -2.80. The van der Waals surface area contributed by atoms with Gasteiger partial charge in [0, 0.05) is 29.7 Å². The Morgan fingerprint density at radius 3 is 2.42 bits per heavy atom. The summed E-state index contributed by atoms with van der Waals surface area (Å²) >= 11 is 1.59. The van der Waals surface area contributed by atoms with Crippen LogP contribution in [-0.2, 0) is 4.79 Å². The number of benzene rings is 2. The summed E-state index contributed by atoms with van der Waals surface area (Å²) in [5, 5.41) is 11.9. The van der Waals surface area contributed by atoms with Gasteiger partial charge in [0.1, 0.15) is 5.70 Å². The second-order valence-electron chi connectivity index (χ2n) is 8.35. The number of thioether (sulfide) groups is 1. The van der Waals surface area contributed by atoms with Gasteiger partial charge in [0.25, 0.3) is 5.91 Å². The Morgan fingerprint density at radius 1 is 1.00 bits per heavy atom. The van der Waals surface area contributed by atoms with E-state index in [0.717, 1.165) is 60.7 Å². The molecule has 2 aromatic rings. The molecule has 2 aliphatic heterocycles. The zero-order valence-corrected chi connectivity index (χ0v) is 20.6. The molecule has 2 aromatic carbocycles. The maximum Gasteiger partial charge on any atom is 0.276 e. The lowest BCUT2D eigenvalue weighted by molar-refractivity contribution is -0.116. The van der Waals surface area contributed by atoms with Crippen molar-refractivity contribution in [3.05, 3.63) is 64.7 Å². The van der Waals surface area contributed by atoms with E-state index < -0.39 is 0 Å². The zero-order chi connectivity index (χ0) is 23.2. The molecule has 2 heterocycles. The van der Waals surface area contributed by atoms with Crippen LogP contribution in [0, 0.1) is 0 Å². The molecule has 6 nitrogen and oxygen atoms in total. The average Bonchev–Trinajstić information content (AvgIpc) is 2.83. The number of fused-ring (bicyclic) bond motifs is 2. The van der Waals surface area contributed by atoms with Gasteiger partial charge in [0.05, 0.1) is 5.36 Å². The van der Waals surface area contributed by atoms with Crippen molar-refractivity contribution in [2.45, 2.75) is 52.6 Å². The summed E-state index contributed by atoms with van der Waals surface area (Å²) in [4.78, 5) is 20.6. The molecule has 4 rings (SSSR count). The minimum absolute atomic E-state index is 0.120. The zero-order valence-electron chi connectivity index (χ0n) is 19.8. The monoisotopic (exact) mass is 463 g/mol. The van der Waals surface area contributed by atoms with Crippen LogP contribution in [0.5, 0.6) is 0 Å². The first-order valence-corrected chi connectivity index (χ1v) is 13.0. The smallest absolute Gasteiger partial charge is 0.276 e. The molecule has 0 spiro atoms. The van der Waals surface area contributed by atoms with E-state index in [4.69, 9.17) is 10.1 Å². The fourth-order valence-electron chi connectivity index (χ4n) is 4.19. The van der Waals surface area contributed by atoms with Crippen LogP contribution in [-0.4, -0.2) is 34.9 Å². The van der Waals surface area contributed by atoms with E-state index in [1.807, 2.05) is 24.3 Å². The number of para-hydroxylation sites is 1. The number of amidine groups is 1. The molecule has 2 aliphatic rings. The fourth-order valence-corrected chi connectivity index (χ4v) is 5.13. The van der Waals surface area contributed by atoms with Crippen LogP contribution in [0.3, 0.4) is 0 Å². The van der Waals surface area contributed by atoms with Gasteiger partial charge >= 0.3 is 0 Å². The first kappa shape index (κ1) is 23.4. The molecule has 0 saturated heterocycles. The number of nitrogens with zero attached hydrogens (tertiary/aromatic N) is 4. The van der Waals surface area contributed by atoms with Crippen molar-refractivity contribution in [2.75, 3.05) is 23.7 Å². The highest BCUT2D eigenvalue weighted by Crippen LogP contribution is 2.32. The highest BCUT2D eigenvalue weighted by molar-refractivity contribution is 8.13. The predicted octanol–water partition coefficient (Wildman–Crippen LogP) is 3.99. The molecule has 0 aliphatic carbocycles. The molecular formula is C26H33N5OS. The Bertz CT molecular complexity index is 1120. The number of carbonyl (C=O) groups is 1. The molecule has 0 fully saturated rings. The van der Waals surface area contributed by atoms with Gasteiger partial charge in [-0.05, 0) is 43.0 Å². The maximum atomic E-state index is 13.2. The van der Waals surface area contributed by atoms with Gasteiger partial charge < -0.3 is 4.90 Å². The van der Waals surface area contributed by atoms with Crippen molar-refractivity contribution >= 4 is 34.2 Å². The molecule has 174 valence electrons. The van der Waals surface area contributed by atoms with Gasteiger partial charge in [-0.25, -0.2) is 5.01 Å². The van der Waals surface area contributed by atoms with Crippen LogP contribution in [0.1, 0.15) is 58.2 Å². The molecule has 1 amide bonds. The number of amides is 1. The summed E-state index contributed by atoms with van der Waals surface area (Å²) in [7, 11) is 0. The van der Waals surface area contributed by atoms with E-state index >= 15 is 0 Å². The summed E-state index contributed by atoms with van der Waals surface area (Å²) in [6, 6.07) is 16.4. The van der Waals surface area contributed by atoms with Crippen molar-refractivity contribution in [3.63, 3.8) is 0 Å². The van der Waals surface area contributed by atoms with Crippen molar-refractivity contribution in [1.29, 1.82) is 0 Å². The summed E-state index contributed by atoms with van der Waals surface area (Å²) in [6.45, 7) is 8.67. The van der Waals surface area contributed by atoms with Crippen molar-refractivity contribution in [3.8, 4) is 0 Å². The molecule has 0 unspecified atom stereocenters. The Kier molecular flexibility index (Phi) is 7.70. The van der Waals surface area contributed by atoms with Gasteiger partial charge in [-0.15, -0.1) is 5.10 Å². The minimum atomic E-state index is -0.373. The second-order valence-corrected chi connectivity index (χ2v) is 9.44. The summed E-state index contributed by atoms with van der Waals surface area (Å²) in [6.07, 6.45) is 4.05. The van der Waals surface area contributed by atoms with E-state index in [-0.39, 0.29) is 12.1 Å². The molecule has 7 heteroatoms. The van der Waals surface area contributed by atoms with Gasteiger partial charge in [-0.3, -0.25) is 15.1 Å². The highest BCUT2D eigenvalue weighted by atomic mass is 32.2.